The predicted molar refractivity (Wildman–Crippen MR) is 90.3 cm³/mol. The Bertz CT molecular complexity index is 834. The Morgan fingerprint density at radius 2 is 1.43 bits per heavy atom. The number of hydrogen-bond donors (Lipinski definition) is 0. The second kappa shape index (κ2) is 5.31. The van der Waals surface area contributed by atoms with Gasteiger partial charge in [-0.3, -0.25) is 4.79 Å². The molecule has 2 unspecified atom stereocenters. The summed E-state index contributed by atoms with van der Waals surface area (Å²) in [5.74, 6) is 0.111. The van der Waals surface area contributed by atoms with Crippen molar-refractivity contribution in [1.82, 2.24) is 0 Å². The smallest absolute Gasteiger partial charge is 0.175 e. The largest absolute Gasteiger partial charge is 0.298 e. The van der Waals surface area contributed by atoms with Crippen molar-refractivity contribution in [3.8, 4) is 0 Å². The molecule has 1 fully saturated rings. The van der Waals surface area contributed by atoms with Gasteiger partial charge >= 0.3 is 0 Å². The van der Waals surface area contributed by atoms with Gasteiger partial charge in [-0.05, 0) is 23.3 Å². The molecule has 1 aliphatic rings. The van der Waals surface area contributed by atoms with Crippen molar-refractivity contribution in [3.05, 3.63) is 65.7 Å². The molecule has 120 valence electrons. The van der Waals surface area contributed by atoms with Gasteiger partial charge < -0.3 is 0 Å². The summed E-state index contributed by atoms with van der Waals surface area (Å²) in [6, 6.07) is 16.8. The molecule has 0 amide bonds. The Balaban J connectivity index is 2.00. The average molecular weight is 328 g/mol. The van der Waals surface area contributed by atoms with Gasteiger partial charge in [0.2, 0.25) is 0 Å². The van der Waals surface area contributed by atoms with Gasteiger partial charge in [-0.2, -0.15) is 0 Å². The van der Waals surface area contributed by atoms with Crippen LogP contribution in [0.25, 0.3) is 0 Å². The molecule has 1 saturated carbocycles. The Kier molecular flexibility index (Phi) is 3.68. The summed E-state index contributed by atoms with van der Waals surface area (Å²) in [6.07, 6.45) is 1.19. The Labute approximate surface area is 137 Å². The van der Waals surface area contributed by atoms with E-state index < -0.39 is 15.3 Å². The maximum absolute atomic E-state index is 12.6. The number of ketones is 1. The van der Waals surface area contributed by atoms with Crippen molar-refractivity contribution in [1.29, 1.82) is 0 Å². The minimum absolute atomic E-state index is 0.111. The lowest BCUT2D eigenvalue weighted by molar-refractivity contribution is -0.141. The molecule has 0 aliphatic heterocycles. The van der Waals surface area contributed by atoms with E-state index in [-0.39, 0.29) is 22.5 Å². The van der Waals surface area contributed by atoms with Gasteiger partial charge in [-0.15, -0.1) is 0 Å². The zero-order chi connectivity index (χ0) is 16.8. The normalized spacial score (nSPS) is 23.3. The van der Waals surface area contributed by atoms with E-state index in [9.17, 15) is 13.2 Å². The molecule has 0 aromatic heterocycles. The summed E-state index contributed by atoms with van der Waals surface area (Å²) in [7, 11) is -3.22. The number of carbonyl (C=O) groups excluding carboxylic acids is 1. The summed E-state index contributed by atoms with van der Waals surface area (Å²) in [5.41, 5.74) is 1.63. The lowest BCUT2D eigenvalue weighted by atomic mass is 9.51. The van der Waals surface area contributed by atoms with E-state index in [0.717, 1.165) is 11.1 Å². The van der Waals surface area contributed by atoms with Gasteiger partial charge in [0.05, 0.1) is 10.8 Å². The minimum Gasteiger partial charge on any atom is -0.298 e. The van der Waals surface area contributed by atoms with Gasteiger partial charge in [0, 0.05) is 17.6 Å². The van der Waals surface area contributed by atoms with E-state index in [1.807, 2.05) is 32.0 Å². The molecule has 3 rings (SSSR count). The van der Waals surface area contributed by atoms with E-state index in [0.29, 0.717) is 0 Å². The monoisotopic (exact) mass is 328 g/mol. The van der Waals surface area contributed by atoms with Crippen LogP contribution in [-0.4, -0.2) is 20.5 Å². The van der Waals surface area contributed by atoms with Crippen LogP contribution in [0.2, 0.25) is 0 Å². The molecule has 23 heavy (non-hydrogen) atoms. The molecule has 0 radical (unpaired) electrons. The summed E-state index contributed by atoms with van der Waals surface area (Å²) in [4.78, 5) is 12.9. The van der Waals surface area contributed by atoms with Crippen LogP contribution in [-0.2, 0) is 14.6 Å². The minimum atomic E-state index is -3.22. The first kappa shape index (κ1) is 15.9. The number of rotatable bonds is 3. The molecule has 2 aromatic rings. The van der Waals surface area contributed by atoms with Crippen LogP contribution in [0.3, 0.4) is 0 Å². The van der Waals surface area contributed by atoms with Crippen molar-refractivity contribution in [2.75, 3.05) is 6.26 Å². The van der Waals surface area contributed by atoms with Crippen molar-refractivity contribution < 1.29 is 13.2 Å². The van der Waals surface area contributed by atoms with E-state index in [2.05, 4.69) is 12.1 Å². The fourth-order valence-electron chi connectivity index (χ4n) is 3.56. The van der Waals surface area contributed by atoms with Crippen LogP contribution in [0.15, 0.2) is 59.5 Å². The quantitative estimate of drug-likeness (QED) is 0.865. The number of Topliss-reactive ketones (excluding diaryl/α,β-unsaturated/α-hetero) is 1. The molecular weight excluding hydrogens is 308 g/mol. The summed E-state index contributed by atoms with van der Waals surface area (Å²) in [5, 5.41) is 0. The number of hydrogen-bond acceptors (Lipinski definition) is 3. The van der Waals surface area contributed by atoms with Crippen LogP contribution in [0, 0.1) is 5.41 Å². The zero-order valence-corrected chi connectivity index (χ0v) is 14.3. The highest BCUT2D eigenvalue weighted by atomic mass is 32.2. The molecule has 0 N–H and O–H groups in total. The summed E-state index contributed by atoms with van der Waals surface area (Å²) in [6.45, 7) is 3.96. The highest BCUT2D eigenvalue weighted by molar-refractivity contribution is 7.90. The van der Waals surface area contributed by atoms with E-state index in [4.69, 9.17) is 0 Å². The lowest BCUT2D eigenvalue weighted by Crippen LogP contribution is -2.50. The first-order valence-electron chi connectivity index (χ1n) is 7.62. The molecule has 0 bridgehead atoms. The molecule has 0 saturated heterocycles. The Hall–Kier alpha value is -1.94. The van der Waals surface area contributed by atoms with Crippen LogP contribution in [0.1, 0.15) is 36.8 Å². The number of sulfone groups is 1. The first-order chi connectivity index (χ1) is 10.7. The predicted octanol–water partition coefficient (Wildman–Crippen LogP) is 3.57. The topological polar surface area (TPSA) is 51.2 Å². The van der Waals surface area contributed by atoms with Crippen molar-refractivity contribution >= 4 is 15.6 Å². The second-order valence-corrected chi connectivity index (χ2v) is 8.81. The fourth-order valence-corrected chi connectivity index (χ4v) is 4.19. The molecule has 1 aliphatic carbocycles. The maximum atomic E-state index is 12.6. The van der Waals surface area contributed by atoms with Crippen LogP contribution >= 0.6 is 0 Å². The third kappa shape index (κ3) is 2.61. The van der Waals surface area contributed by atoms with Gasteiger partial charge in [0.1, 0.15) is 5.78 Å². The van der Waals surface area contributed by atoms with Gasteiger partial charge in [-0.25, -0.2) is 8.42 Å². The lowest BCUT2D eigenvalue weighted by Gasteiger charge is -2.50. The van der Waals surface area contributed by atoms with Crippen LogP contribution in [0.5, 0.6) is 0 Å². The Morgan fingerprint density at radius 3 is 1.96 bits per heavy atom. The van der Waals surface area contributed by atoms with Crippen molar-refractivity contribution in [2.45, 2.75) is 30.6 Å². The van der Waals surface area contributed by atoms with Crippen molar-refractivity contribution in [2.24, 2.45) is 5.41 Å². The van der Waals surface area contributed by atoms with Gasteiger partial charge in [0.25, 0.3) is 0 Å². The molecule has 4 heteroatoms. The third-order valence-corrected chi connectivity index (χ3v) is 5.98. The summed E-state index contributed by atoms with van der Waals surface area (Å²) >= 11 is 0. The van der Waals surface area contributed by atoms with Crippen LogP contribution in [0.4, 0.5) is 0 Å². The zero-order valence-electron chi connectivity index (χ0n) is 13.5. The first-order valence-corrected chi connectivity index (χ1v) is 9.51. The standard InChI is InChI=1S/C19H20O3S/c1-19(2)17(14-7-5-4-6-8-14)16(18(19)20)13-9-11-15(12-10-13)23(3,21)22/h4-12,16-17H,1-3H3. The molecule has 3 nitrogen and oxygen atoms in total. The highest BCUT2D eigenvalue weighted by Crippen LogP contribution is 2.58. The van der Waals surface area contributed by atoms with Gasteiger partial charge in [-0.1, -0.05) is 56.3 Å². The highest BCUT2D eigenvalue weighted by Gasteiger charge is 2.56. The second-order valence-electron chi connectivity index (χ2n) is 6.79. The maximum Gasteiger partial charge on any atom is 0.175 e. The van der Waals surface area contributed by atoms with Crippen LogP contribution < -0.4 is 0 Å². The molecule has 0 heterocycles. The van der Waals surface area contributed by atoms with E-state index >= 15 is 0 Å². The average Bonchev–Trinajstić information content (AvgIpc) is 2.52. The van der Waals surface area contributed by atoms with Crippen molar-refractivity contribution in [3.63, 3.8) is 0 Å². The fraction of sp³-hybridized carbons (Fsp3) is 0.316. The molecule has 2 atom stereocenters. The summed E-state index contributed by atoms with van der Waals surface area (Å²) < 4.78 is 23.2. The number of carbonyl (C=O) groups is 1. The van der Waals surface area contributed by atoms with Gasteiger partial charge in [0.15, 0.2) is 9.84 Å². The Morgan fingerprint density at radius 1 is 0.870 bits per heavy atom. The molecule has 2 aromatic carbocycles. The molecular formula is C19H20O3S. The third-order valence-electron chi connectivity index (χ3n) is 4.85. The molecule has 0 spiro atoms. The SMILES string of the molecule is CC1(C)C(=O)C(c2ccc(S(C)(=O)=O)cc2)C1c1ccccc1. The van der Waals surface area contributed by atoms with E-state index in [1.54, 1.807) is 24.3 Å². The number of benzene rings is 2. The van der Waals surface area contributed by atoms with E-state index in [1.165, 1.54) is 6.26 Å².